The summed E-state index contributed by atoms with van der Waals surface area (Å²) in [5, 5.41) is 16.6. The molecule has 0 aliphatic carbocycles. The quantitative estimate of drug-likeness (QED) is 0.536. The number of aromatic nitrogens is 1. The molecule has 30 heavy (non-hydrogen) atoms. The van der Waals surface area contributed by atoms with E-state index in [2.05, 4.69) is 4.98 Å². The van der Waals surface area contributed by atoms with Crippen LogP contribution in [0.15, 0.2) is 35.1 Å². The van der Waals surface area contributed by atoms with Crippen molar-refractivity contribution < 1.29 is 45.7 Å². The SMILES string of the molecule is NC/C(=C\F)COc1ccc(S(=O)(=O)N2CCC(O)CC2)cn1.O=C(O)C(F)(F)F. The van der Waals surface area contributed by atoms with Gasteiger partial charge in [0.25, 0.3) is 0 Å². The number of pyridine rings is 1. The molecule has 1 aromatic rings. The van der Waals surface area contributed by atoms with Crippen LogP contribution >= 0.6 is 0 Å². The van der Waals surface area contributed by atoms with E-state index >= 15 is 0 Å². The number of alkyl halides is 3. The second-order valence-electron chi connectivity index (χ2n) is 6.03. The van der Waals surface area contributed by atoms with Crippen LogP contribution in [0.3, 0.4) is 0 Å². The van der Waals surface area contributed by atoms with E-state index in [1.165, 1.54) is 22.6 Å². The van der Waals surface area contributed by atoms with Gasteiger partial charge >= 0.3 is 12.1 Å². The highest BCUT2D eigenvalue weighted by atomic mass is 32.2. The Kier molecular flexibility index (Phi) is 9.61. The van der Waals surface area contributed by atoms with Gasteiger partial charge in [-0.05, 0) is 18.9 Å². The van der Waals surface area contributed by atoms with Crippen molar-refractivity contribution in [1.29, 1.82) is 0 Å². The van der Waals surface area contributed by atoms with Gasteiger partial charge in [-0.15, -0.1) is 0 Å². The number of nitrogens with zero attached hydrogens (tertiary/aromatic N) is 2. The lowest BCUT2D eigenvalue weighted by atomic mass is 10.1. The summed E-state index contributed by atoms with van der Waals surface area (Å²) in [5.41, 5.74) is 5.58. The largest absolute Gasteiger partial charge is 0.490 e. The highest BCUT2D eigenvalue weighted by Gasteiger charge is 2.38. The van der Waals surface area contributed by atoms with Crippen LogP contribution in [0.1, 0.15) is 12.8 Å². The number of sulfonamides is 1. The number of aliphatic hydroxyl groups is 1. The molecule has 14 heteroatoms. The first-order valence-electron chi connectivity index (χ1n) is 8.47. The Bertz CT molecular complexity index is 822. The summed E-state index contributed by atoms with van der Waals surface area (Å²) in [6.07, 6.45) is -3.10. The van der Waals surface area contributed by atoms with E-state index in [4.69, 9.17) is 20.4 Å². The zero-order chi connectivity index (χ0) is 22.9. The van der Waals surface area contributed by atoms with Crippen LogP contribution < -0.4 is 10.5 Å². The molecule has 0 atom stereocenters. The van der Waals surface area contributed by atoms with Crippen molar-refractivity contribution >= 4 is 16.0 Å². The van der Waals surface area contributed by atoms with E-state index in [-0.39, 0.29) is 42.6 Å². The second-order valence-corrected chi connectivity index (χ2v) is 7.97. The summed E-state index contributed by atoms with van der Waals surface area (Å²) < 4.78 is 75.6. The van der Waals surface area contributed by atoms with Crippen LogP contribution in [0, 0.1) is 0 Å². The molecular weight excluding hydrogens is 438 g/mol. The van der Waals surface area contributed by atoms with Crippen molar-refractivity contribution in [3.63, 3.8) is 0 Å². The highest BCUT2D eigenvalue weighted by Crippen LogP contribution is 2.21. The van der Waals surface area contributed by atoms with Crippen LogP contribution in [0.25, 0.3) is 0 Å². The van der Waals surface area contributed by atoms with E-state index in [9.17, 15) is 31.1 Å². The molecule has 9 nitrogen and oxygen atoms in total. The predicted molar refractivity (Wildman–Crippen MR) is 95.7 cm³/mol. The van der Waals surface area contributed by atoms with Crippen molar-refractivity contribution in [1.82, 2.24) is 9.29 Å². The van der Waals surface area contributed by atoms with E-state index in [0.717, 1.165) is 0 Å². The van der Waals surface area contributed by atoms with Crippen LogP contribution in [0.2, 0.25) is 0 Å². The molecule has 1 aliphatic heterocycles. The molecule has 0 amide bonds. The maximum absolute atomic E-state index is 12.5. The molecule has 0 saturated carbocycles. The third-order valence-electron chi connectivity index (χ3n) is 3.83. The Morgan fingerprint density at radius 2 is 1.90 bits per heavy atom. The normalized spacial score (nSPS) is 16.5. The molecular formula is C16H21F4N3O6S. The Morgan fingerprint density at radius 3 is 2.30 bits per heavy atom. The van der Waals surface area contributed by atoms with Crippen LogP contribution in [0.5, 0.6) is 5.88 Å². The summed E-state index contributed by atoms with van der Waals surface area (Å²) in [7, 11) is -3.63. The van der Waals surface area contributed by atoms with Crippen molar-refractivity contribution in [2.75, 3.05) is 26.2 Å². The van der Waals surface area contributed by atoms with Gasteiger partial charge in [-0.1, -0.05) is 0 Å². The molecule has 0 spiro atoms. The molecule has 1 aromatic heterocycles. The van der Waals surface area contributed by atoms with Crippen LogP contribution in [0.4, 0.5) is 17.6 Å². The molecule has 1 aliphatic rings. The standard InChI is InChI=1S/C14H20FN3O4S.C2HF3O2/c15-7-11(8-16)10-22-14-2-1-13(9-17-14)23(20,21)18-5-3-12(19)4-6-18;3-2(4,5)1(6)7/h1-2,7,9,12,19H,3-6,8,10,16H2;(H,6,7)/b11-7+;. The lowest BCUT2D eigenvalue weighted by Crippen LogP contribution is -2.40. The van der Waals surface area contributed by atoms with Gasteiger partial charge in [-0.2, -0.15) is 17.5 Å². The van der Waals surface area contributed by atoms with Crippen molar-refractivity contribution in [3.8, 4) is 5.88 Å². The molecule has 2 heterocycles. The summed E-state index contributed by atoms with van der Waals surface area (Å²) in [5.74, 6) is -2.57. The topological polar surface area (TPSA) is 143 Å². The zero-order valence-electron chi connectivity index (χ0n) is 15.5. The third kappa shape index (κ3) is 7.85. The zero-order valence-corrected chi connectivity index (χ0v) is 16.4. The number of halogens is 4. The predicted octanol–water partition coefficient (Wildman–Crippen LogP) is 1.05. The molecule has 0 unspecified atom stereocenters. The van der Waals surface area contributed by atoms with Crippen LogP contribution in [-0.2, 0) is 14.8 Å². The van der Waals surface area contributed by atoms with Crippen LogP contribution in [-0.4, -0.2) is 72.4 Å². The first kappa shape index (κ1) is 25.7. The van der Waals surface area contributed by atoms with Gasteiger partial charge in [0.2, 0.25) is 15.9 Å². The molecule has 0 aromatic carbocycles. The van der Waals surface area contributed by atoms with Gasteiger partial charge in [0, 0.05) is 31.3 Å². The van der Waals surface area contributed by atoms with Gasteiger partial charge in [0.1, 0.15) is 11.5 Å². The molecule has 170 valence electrons. The Morgan fingerprint density at radius 1 is 1.33 bits per heavy atom. The smallest absolute Gasteiger partial charge is 0.475 e. The van der Waals surface area contributed by atoms with E-state index in [0.29, 0.717) is 19.2 Å². The Balaban J connectivity index is 0.000000553. The van der Waals surface area contributed by atoms with Gasteiger partial charge in [-0.3, -0.25) is 0 Å². The molecule has 2 rings (SSSR count). The number of aliphatic carboxylic acids is 1. The summed E-state index contributed by atoms with van der Waals surface area (Å²) >= 11 is 0. The Hall–Kier alpha value is -2.29. The second kappa shape index (κ2) is 11.2. The number of hydrogen-bond acceptors (Lipinski definition) is 7. The number of carboxylic acid groups (broad SMARTS) is 1. The number of rotatable bonds is 6. The van der Waals surface area contributed by atoms with E-state index in [1.807, 2.05) is 0 Å². The number of ether oxygens (including phenoxy) is 1. The number of hydrogen-bond donors (Lipinski definition) is 3. The molecule has 0 radical (unpaired) electrons. The minimum Gasteiger partial charge on any atom is -0.475 e. The molecule has 4 N–H and O–H groups in total. The van der Waals surface area contributed by atoms with Gasteiger partial charge in [0.15, 0.2) is 0 Å². The monoisotopic (exact) mass is 459 g/mol. The highest BCUT2D eigenvalue weighted by molar-refractivity contribution is 7.89. The summed E-state index contributed by atoms with van der Waals surface area (Å²) in [4.78, 5) is 12.9. The third-order valence-corrected chi connectivity index (χ3v) is 5.72. The number of piperidine rings is 1. The maximum atomic E-state index is 12.5. The van der Waals surface area contributed by atoms with Gasteiger partial charge in [0.05, 0.1) is 18.6 Å². The fourth-order valence-corrected chi connectivity index (χ4v) is 3.55. The van der Waals surface area contributed by atoms with E-state index in [1.54, 1.807) is 0 Å². The molecule has 0 bridgehead atoms. The van der Waals surface area contributed by atoms with E-state index < -0.39 is 28.3 Å². The van der Waals surface area contributed by atoms with Gasteiger partial charge < -0.3 is 20.7 Å². The first-order valence-corrected chi connectivity index (χ1v) is 9.91. The lowest BCUT2D eigenvalue weighted by molar-refractivity contribution is -0.192. The lowest BCUT2D eigenvalue weighted by Gasteiger charge is -2.28. The first-order chi connectivity index (χ1) is 13.9. The van der Waals surface area contributed by atoms with Crippen molar-refractivity contribution in [2.24, 2.45) is 5.73 Å². The Labute approximate surface area is 169 Å². The number of nitrogens with two attached hydrogens (primary N) is 1. The molecule has 1 saturated heterocycles. The maximum Gasteiger partial charge on any atom is 0.490 e. The van der Waals surface area contributed by atoms with Crippen molar-refractivity contribution in [3.05, 3.63) is 30.2 Å². The molecule has 1 fully saturated rings. The fourth-order valence-electron chi connectivity index (χ4n) is 2.14. The number of carbonyl (C=O) groups is 1. The average molecular weight is 459 g/mol. The minimum absolute atomic E-state index is 0.0315. The minimum atomic E-state index is -5.08. The summed E-state index contributed by atoms with van der Waals surface area (Å²) in [6, 6.07) is 2.81. The number of carboxylic acids is 1. The van der Waals surface area contributed by atoms with Crippen molar-refractivity contribution in [2.45, 2.75) is 30.0 Å². The van der Waals surface area contributed by atoms with Gasteiger partial charge in [-0.25, -0.2) is 22.6 Å². The average Bonchev–Trinajstić information content (AvgIpc) is 2.69. The fraction of sp³-hybridized carbons (Fsp3) is 0.500. The summed E-state index contributed by atoms with van der Waals surface area (Å²) in [6.45, 7) is 0.547. The number of aliphatic hydroxyl groups excluding tert-OH is 1.